The maximum Gasteiger partial charge on any atom is 0.271 e. The zero-order chi connectivity index (χ0) is 23.0. The van der Waals surface area contributed by atoms with Crippen molar-refractivity contribution in [2.45, 2.75) is 13.2 Å². The number of carbonyl (C=O) groups is 1. The van der Waals surface area contributed by atoms with Gasteiger partial charge < -0.3 is 19.5 Å². The molecule has 33 heavy (non-hydrogen) atoms. The van der Waals surface area contributed by atoms with Gasteiger partial charge in [0, 0.05) is 24.3 Å². The first-order valence-corrected chi connectivity index (χ1v) is 11.1. The number of nitrogens with zero attached hydrogens (tertiary/aromatic N) is 2. The SMILES string of the molecule is COc1cc(CNC(=O)c2csc(-c3ccccc3OC)n2)ccc1OCc1ccncc1. The second kappa shape index (κ2) is 10.6. The molecule has 2 heterocycles. The number of hydrogen-bond acceptors (Lipinski definition) is 7. The van der Waals surface area contributed by atoms with Crippen molar-refractivity contribution in [3.63, 3.8) is 0 Å². The van der Waals surface area contributed by atoms with E-state index in [0.717, 1.165) is 27.4 Å². The van der Waals surface area contributed by atoms with Gasteiger partial charge in [-0.1, -0.05) is 18.2 Å². The summed E-state index contributed by atoms with van der Waals surface area (Å²) < 4.78 is 16.7. The summed E-state index contributed by atoms with van der Waals surface area (Å²) in [6.07, 6.45) is 3.45. The number of amides is 1. The molecule has 0 aliphatic rings. The van der Waals surface area contributed by atoms with Crippen LogP contribution in [0.15, 0.2) is 72.4 Å². The number of ether oxygens (including phenoxy) is 3. The predicted molar refractivity (Wildman–Crippen MR) is 127 cm³/mol. The summed E-state index contributed by atoms with van der Waals surface area (Å²) in [4.78, 5) is 21.1. The molecule has 0 aliphatic heterocycles. The van der Waals surface area contributed by atoms with Crippen molar-refractivity contribution >= 4 is 17.2 Å². The van der Waals surface area contributed by atoms with Crippen molar-refractivity contribution in [1.29, 1.82) is 0 Å². The summed E-state index contributed by atoms with van der Waals surface area (Å²) in [6.45, 7) is 0.745. The molecule has 1 amide bonds. The van der Waals surface area contributed by atoms with Gasteiger partial charge in [0.2, 0.25) is 0 Å². The number of para-hydroxylation sites is 1. The van der Waals surface area contributed by atoms with Crippen LogP contribution in [0.2, 0.25) is 0 Å². The van der Waals surface area contributed by atoms with Crippen LogP contribution in [0.25, 0.3) is 10.6 Å². The highest BCUT2D eigenvalue weighted by Crippen LogP contribution is 2.32. The lowest BCUT2D eigenvalue weighted by molar-refractivity contribution is 0.0946. The summed E-state index contributed by atoms with van der Waals surface area (Å²) in [7, 11) is 3.20. The Labute approximate surface area is 196 Å². The van der Waals surface area contributed by atoms with Crippen LogP contribution in [0.1, 0.15) is 21.6 Å². The fraction of sp³-hybridized carbons (Fsp3) is 0.160. The molecule has 0 unspecified atom stereocenters. The molecule has 0 radical (unpaired) electrons. The van der Waals surface area contributed by atoms with Crippen LogP contribution in [-0.2, 0) is 13.2 Å². The lowest BCUT2D eigenvalue weighted by Crippen LogP contribution is -2.23. The first-order chi connectivity index (χ1) is 16.2. The van der Waals surface area contributed by atoms with Gasteiger partial charge in [-0.15, -0.1) is 11.3 Å². The highest BCUT2D eigenvalue weighted by atomic mass is 32.1. The monoisotopic (exact) mass is 461 g/mol. The van der Waals surface area contributed by atoms with Gasteiger partial charge in [0.1, 0.15) is 23.1 Å². The minimum atomic E-state index is -0.246. The van der Waals surface area contributed by atoms with Gasteiger partial charge in [-0.25, -0.2) is 4.98 Å². The Balaban J connectivity index is 1.38. The smallest absolute Gasteiger partial charge is 0.271 e. The number of rotatable bonds is 9. The molecule has 2 aromatic carbocycles. The molecule has 7 nitrogen and oxygen atoms in total. The van der Waals surface area contributed by atoms with Crippen LogP contribution in [0, 0.1) is 0 Å². The van der Waals surface area contributed by atoms with Crippen molar-refractivity contribution in [3.05, 3.63) is 89.2 Å². The van der Waals surface area contributed by atoms with Crippen LogP contribution < -0.4 is 19.5 Å². The van der Waals surface area contributed by atoms with E-state index < -0.39 is 0 Å². The fourth-order valence-electron chi connectivity index (χ4n) is 3.18. The van der Waals surface area contributed by atoms with E-state index in [4.69, 9.17) is 14.2 Å². The van der Waals surface area contributed by atoms with Crippen molar-refractivity contribution in [1.82, 2.24) is 15.3 Å². The lowest BCUT2D eigenvalue weighted by Gasteiger charge is -2.12. The van der Waals surface area contributed by atoms with Gasteiger partial charge in [-0.2, -0.15) is 0 Å². The van der Waals surface area contributed by atoms with Crippen LogP contribution in [0.4, 0.5) is 0 Å². The van der Waals surface area contributed by atoms with Crippen LogP contribution >= 0.6 is 11.3 Å². The Hall–Kier alpha value is -3.91. The molecule has 168 valence electrons. The molecule has 8 heteroatoms. The number of methoxy groups -OCH3 is 2. The highest BCUT2D eigenvalue weighted by Gasteiger charge is 2.15. The molecule has 4 aromatic rings. The standard InChI is InChI=1S/C25H23N3O4S/c1-30-21-6-4-3-5-19(21)25-28-20(16-33-25)24(29)27-14-18-7-8-22(23(13-18)31-2)32-15-17-9-11-26-12-10-17/h3-13,16H,14-15H2,1-2H3,(H,27,29). The number of benzene rings is 2. The number of hydrogen-bond donors (Lipinski definition) is 1. The zero-order valence-electron chi connectivity index (χ0n) is 18.3. The van der Waals surface area contributed by atoms with E-state index >= 15 is 0 Å². The fourth-order valence-corrected chi connectivity index (χ4v) is 4.01. The minimum absolute atomic E-state index is 0.246. The number of carbonyl (C=O) groups excluding carboxylic acids is 1. The molecular weight excluding hydrogens is 438 g/mol. The maximum absolute atomic E-state index is 12.6. The summed E-state index contributed by atoms with van der Waals surface area (Å²) in [5, 5.41) is 5.38. The maximum atomic E-state index is 12.6. The van der Waals surface area contributed by atoms with E-state index in [1.807, 2.05) is 54.6 Å². The molecule has 0 aliphatic carbocycles. The van der Waals surface area contributed by atoms with Gasteiger partial charge >= 0.3 is 0 Å². The van der Waals surface area contributed by atoms with Crippen molar-refractivity contribution in [2.24, 2.45) is 0 Å². The van der Waals surface area contributed by atoms with E-state index in [1.165, 1.54) is 11.3 Å². The van der Waals surface area contributed by atoms with Gasteiger partial charge in [0.15, 0.2) is 11.5 Å². The summed E-state index contributed by atoms with van der Waals surface area (Å²) >= 11 is 1.40. The zero-order valence-corrected chi connectivity index (χ0v) is 19.1. The van der Waals surface area contributed by atoms with E-state index in [2.05, 4.69) is 15.3 Å². The average molecular weight is 462 g/mol. The van der Waals surface area contributed by atoms with Crippen LogP contribution in [0.5, 0.6) is 17.2 Å². The van der Waals surface area contributed by atoms with Crippen molar-refractivity contribution < 1.29 is 19.0 Å². The highest BCUT2D eigenvalue weighted by molar-refractivity contribution is 7.13. The third kappa shape index (κ3) is 5.48. The molecule has 0 saturated heterocycles. The van der Waals surface area contributed by atoms with Crippen molar-refractivity contribution in [3.8, 4) is 27.8 Å². The van der Waals surface area contributed by atoms with Gasteiger partial charge in [-0.3, -0.25) is 9.78 Å². The molecule has 0 bridgehead atoms. The normalized spacial score (nSPS) is 10.5. The molecular formula is C25H23N3O4S. The Kier molecular flexibility index (Phi) is 7.16. The Morgan fingerprint density at radius 3 is 2.52 bits per heavy atom. The predicted octanol–water partition coefficient (Wildman–Crippen LogP) is 4.73. The lowest BCUT2D eigenvalue weighted by atomic mass is 10.2. The number of pyridine rings is 1. The quantitative estimate of drug-likeness (QED) is 0.388. The third-order valence-electron chi connectivity index (χ3n) is 4.90. The van der Waals surface area contributed by atoms with Gasteiger partial charge in [-0.05, 0) is 47.5 Å². The largest absolute Gasteiger partial charge is 0.496 e. The first-order valence-electron chi connectivity index (χ1n) is 10.2. The Morgan fingerprint density at radius 2 is 1.73 bits per heavy atom. The third-order valence-corrected chi connectivity index (χ3v) is 5.77. The first kappa shape index (κ1) is 22.3. The van der Waals surface area contributed by atoms with Crippen molar-refractivity contribution in [2.75, 3.05) is 14.2 Å². The summed E-state index contributed by atoms with van der Waals surface area (Å²) in [5.41, 5.74) is 3.12. The summed E-state index contributed by atoms with van der Waals surface area (Å²) in [5.74, 6) is 1.70. The molecule has 0 fully saturated rings. The van der Waals surface area contributed by atoms with Crippen LogP contribution in [0.3, 0.4) is 0 Å². The average Bonchev–Trinajstić information content (AvgIpc) is 3.37. The topological polar surface area (TPSA) is 82.6 Å². The van der Waals surface area contributed by atoms with E-state index in [1.54, 1.807) is 32.0 Å². The molecule has 1 N–H and O–H groups in total. The summed E-state index contributed by atoms with van der Waals surface area (Å²) in [6, 6.07) is 17.0. The van der Waals surface area contributed by atoms with E-state index in [-0.39, 0.29) is 5.91 Å². The Morgan fingerprint density at radius 1 is 0.939 bits per heavy atom. The van der Waals surface area contributed by atoms with E-state index in [9.17, 15) is 4.79 Å². The minimum Gasteiger partial charge on any atom is -0.496 e. The Bertz CT molecular complexity index is 1230. The van der Waals surface area contributed by atoms with Gasteiger partial charge in [0.25, 0.3) is 5.91 Å². The number of thiazole rings is 1. The second-order valence-electron chi connectivity index (χ2n) is 7.05. The number of nitrogens with one attached hydrogen (secondary N) is 1. The molecule has 2 aromatic heterocycles. The number of aromatic nitrogens is 2. The second-order valence-corrected chi connectivity index (χ2v) is 7.91. The van der Waals surface area contributed by atoms with Gasteiger partial charge in [0.05, 0.1) is 19.8 Å². The molecule has 0 atom stereocenters. The van der Waals surface area contributed by atoms with E-state index in [0.29, 0.717) is 30.3 Å². The molecule has 0 saturated carbocycles. The molecule has 0 spiro atoms. The van der Waals surface area contributed by atoms with Crippen LogP contribution in [-0.4, -0.2) is 30.1 Å². The molecule has 4 rings (SSSR count).